The van der Waals surface area contributed by atoms with Gasteiger partial charge < -0.3 is 19.9 Å². The lowest BCUT2D eigenvalue weighted by Crippen LogP contribution is -2.35. The summed E-state index contributed by atoms with van der Waals surface area (Å²) in [4.78, 5) is 0. The van der Waals surface area contributed by atoms with Crippen LogP contribution < -0.4 is 10.5 Å². The summed E-state index contributed by atoms with van der Waals surface area (Å²) in [6.45, 7) is 4.50. The van der Waals surface area contributed by atoms with Crippen molar-refractivity contribution in [2.24, 2.45) is 0 Å². The maximum absolute atomic E-state index is 5.74. The molecule has 4 nitrogen and oxygen atoms in total. The molecule has 88 valence electrons. The summed E-state index contributed by atoms with van der Waals surface area (Å²) in [5.41, 5.74) is 7.46. The standard InChI is InChI=1S/C12H17NO3/c1-2-15-12-4-3-10(13)5-9(12)6-16-11-7-14-8-11/h3-5,11H,2,6-8,13H2,1H3. The largest absolute Gasteiger partial charge is 0.494 e. The number of benzene rings is 1. The van der Waals surface area contributed by atoms with E-state index in [0.717, 1.165) is 17.0 Å². The van der Waals surface area contributed by atoms with Crippen LogP contribution >= 0.6 is 0 Å². The minimum absolute atomic E-state index is 0.218. The molecule has 1 aromatic carbocycles. The first-order chi connectivity index (χ1) is 7.79. The van der Waals surface area contributed by atoms with Crippen molar-refractivity contribution >= 4 is 5.69 Å². The molecule has 0 amide bonds. The third kappa shape index (κ3) is 2.65. The molecule has 1 saturated heterocycles. The second-order valence-electron chi connectivity index (χ2n) is 3.77. The van der Waals surface area contributed by atoms with Crippen LogP contribution in [0.1, 0.15) is 12.5 Å². The maximum atomic E-state index is 5.74. The van der Waals surface area contributed by atoms with E-state index in [4.69, 9.17) is 19.9 Å². The fraction of sp³-hybridized carbons (Fsp3) is 0.500. The predicted octanol–water partition coefficient (Wildman–Crippen LogP) is 1.58. The molecule has 0 bridgehead atoms. The summed E-state index contributed by atoms with van der Waals surface area (Å²) >= 11 is 0. The van der Waals surface area contributed by atoms with Crippen molar-refractivity contribution in [2.75, 3.05) is 25.6 Å². The fourth-order valence-electron chi connectivity index (χ4n) is 1.53. The van der Waals surface area contributed by atoms with Crippen LogP contribution in [0.2, 0.25) is 0 Å². The molecule has 4 heteroatoms. The van der Waals surface area contributed by atoms with E-state index in [1.165, 1.54) is 0 Å². The number of anilines is 1. The van der Waals surface area contributed by atoms with Crippen molar-refractivity contribution in [1.82, 2.24) is 0 Å². The highest BCUT2D eigenvalue weighted by atomic mass is 16.6. The molecule has 1 aromatic rings. The predicted molar refractivity (Wildman–Crippen MR) is 61.4 cm³/mol. The summed E-state index contributed by atoms with van der Waals surface area (Å²) < 4.78 is 16.2. The molecule has 0 spiro atoms. The summed E-state index contributed by atoms with van der Waals surface area (Å²) in [6.07, 6.45) is 0.218. The molecule has 0 saturated carbocycles. The van der Waals surface area contributed by atoms with Gasteiger partial charge in [-0.15, -0.1) is 0 Å². The summed E-state index contributed by atoms with van der Waals surface area (Å²) in [7, 11) is 0. The Morgan fingerprint density at radius 1 is 1.44 bits per heavy atom. The van der Waals surface area contributed by atoms with Crippen LogP contribution in [0.3, 0.4) is 0 Å². The first-order valence-electron chi connectivity index (χ1n) is 5.50. The van der Waals surface area contributed by atoms with E-state index >= 15 is 0 Å². The number of hydrogen-bond donors (Lipinski definition) is 1. The highest BCUT2D eigenvalue weighted by Crippen LogP contribution is 2.23. The van der Waals surface area contributed by atoms with E-state index in [0.29, 0.717) is 26.4 Å². The van der Waals surface area contributed by atoms with Gasteiger partial charge in [-0.25, -0.2) is 0 Å². The Bertz CT molecular complexity index is 350. The highest BCUT2D eigenvalue weighted by molar-refractivity contribution is 5.47. The van der Waals surface area contributed by atoms with Gasteiger partial charge >= 0.3 is 0 Å². The third-order valence-corrected chi connectivity index (χ3v) is 2.47. The summed E-state index contributed by atoms with van der Waals surface area (Å²) in [5, 5.41) is 0. The first kappa shape index (κ1) is 11.2. The Morgan fingerprint density at radius 3 is 2.88 bits per heavy atom. The average molecular weight is 223 g/mol. The quantitative estimate of drug-likeness (QED) is 0.770. The van der Waals surface area contributed by atoms with Gasteiger partial charge in [0.2, 0.25) is 0 Å². The van der Waals surface area contributed by atoms with Crippen molar-refractivity contribution in [3.05, 3.63) is 23.8 Å². The summed E-state index contributed by atoms with van der Waals surface area (Å²) in [5.74, 6) is 0.844. The van der Waals surface area contributed by atoms with Crippen LogP contribution in [0.15, 0.2) is 18.2 Å². The maximum Gasteiger partial charge on any atom is 0.124 e. The Kier molecular flexibility index (Phi) is 3.64. The zero-order valence-corrected chi connectivity index (χ0v) is 9.44. The minimum Gasteiger partial charge on any atom is -0.494 e. The van der Waals surface area contributed by atoms with Crippen molar-refractivity contribution in [3.63, 3.8) is 0 Å². The SMILES string of the molecule is CCOc1ccc(N)cc1COC1COC1. The monoisotopic (exact) mass is 223 g/mol. The van der Waals surface area contributed by atoms with Crippen molar-refractivity contribution in [2.45, 2.75) is 19.6 Å². The Labute approximate surface area is 95.3 Å². The second-order valence-corrected chi connectivity index (χ2v) is 3.77. The molecular weight excluding hydrogens is 206 g/mol. The average Bonchev–Trinajstić information content (AvgIpc) is 2.20. The number of ether oxygens (including phenoxy) is 3. The van der Waals surface area contributed by atoms with Gasteiger partial charge in [0.25, 0.3) is 0 Å². The molecule has 0 aromatic heterocycles. The molecule has 2 rings (SSSR count). The molecule has 0 radical (unpaired) electrons. The molecule has 0 unspecified atom stereocenters. The van der Waals surface area contributed by atoms with Crippen LogP contribution in [0.25, 0.3) is 0 Å². The number of nitrogens with two attached hydrogens (primary N) is 1. The number of hydrogen-bond acceptors (Lipinski definition) is 4. The van der Waals surface area contributed by atoms with Crippen LogP contribution in [-0.2, 0) is 16.1 Å². The van der Waals surface area contributed by atoms with Crippen LogP contribution in [-0.4, -0.2) is 25.9 Å². The number of nitrogen functional groups attached to an aromatic ring is 1. The lowest BCUT2D eigenvalue weighted by Gasteiger charge is -2.26. The normalized spacial score (nSPS) is 15.8. The topological polar surface area (TPSA) is 53.7 Å². The Balaban J connectivity index is 2.00. The van der Waals surface area contributed by atoms with Gasteiger partial charge in [0.05, 0.1) is 26.4 Å². The van der Waals surface area contributed by atoms with E-state index in [1.807, 2.05) is 25.1 Å². The molecule has 1 aliphatic heterocycles. The van der Waals surface area contributed by atoms with Gasteiger partial charge in [-0.1, -0.05) is 0 Å². The number of rotatable bonds is 5. The van der Waals surface area contributed by atoms with Crippen LogP contribution in [0.5, 0.6) is 5.75 Å². The van der Waals surface area contributed by atoms with E-state index < -0.39 is 0 Å². The lowest BCUT2D eigenvalue weighted by atomic mass is 10.2. The minimum atomic E-state index is 0.218. The highest BCUT2D eigenvalue weighted by Gasteiger charge is 2.19. The zero-order valence-electron chi connectivity index (χ0n) is 9.44. The lowest BCUT2D eigenvalue weighted by molar-refractivity contribution is -0.135. The Hall–Kier alpha value is -1.26. The van der Waals surface area contributed by atoms with E-state index in [2.05, 4.69) is 0 Å². The molecule has 2 N–H and O–H groups in total. The molecule has 0 atom stereocenters. The van der Waals surface area contributed by atoms with Gasteiger partial charge in [0, 0.05) is 11.3 Å². The van der Waals surface area contributed by atoms with Gasteiger partial charge in [0.1, 0.15) is 11.9 Å². The first-order valence-corrected chi connectivity index (χ1v) is 5.50. The molecule has 1 aliphatic rings. The van der Waals surface area contributed by atoms with Gasteiger partial charge in [-0.3, -0.25) is 0 Å². The molecule has 0 aliphatic carbocycles. The van der Waals surface area contributed by atoms with Crippen molar-refractivity contribution in [1.29, 1.82) is 0 Å². The third-order valence-electron chi connectivity index (χ3n) is 2.47. The molecule has 16 heavy (non-hydrogen) atoms. The molecular formula is C12H17NO3. The molecule has 1 fully saturated rings. The summed E-state index contributed by atoms with van der Waals surface area (Å²) in [6, 6.07) is 5.61. The van der Waals surface area contributed by atoms with Crippen molar-refractivity contribution in [3.8, 4) is 5.75 Å². The van der Waals surface area contributed by atoms with Gasteiger partial charge in [-0.2, -0.15) is 0 Å². The Morgan fingerprint density at radius 2 is 2.25 bits per heavy atom. The van der Waals surface area contributed by atoms with E-state index in [9.17, 15) is 0 Å². The second kappa shape index (κ2) is 5.18. The molecule has 1 heterocycles. The van der Waals surface area contributed by atoms with Crippen LogP contribution in [0, 0.1) is 0 Å². The van der Waals surface area contributed by atoms with Gasteiger partial charge in [-0.05, 0) is 25.1 Å². The van der Waals surface area contributed by atoms with Crippen molar-refractivity contribution < 1.29 is 14.2 Å². The van der Waals surface area contributed by atoms with E-state index in [1.54, 1.807) is 0 Å². The van der Waals surface area contributed by atoms with Crippen LogP contribution in [0.4, 0.5) is 5.69 Å². The fourth-order valence-corrected chi connectivity index (χ4v) is 1.53. The van der Waals surface area contributed by atoms with Gasteiger partial charge in [0.15, 0.2) is 0 Å². The van der Waals surface area contributed by atoms with E-state index in [-0.39, 0.29) is 6.10 Å². The zero-order chi connectivity index (χ0) is 11.4. The smallest absolute Gasteiger partial charge is 0.124 e.